The topological polar surface area (TPSA) is 17.1 Å². The normalized spacial score (nSPS) is 12.2. The number of carbonyl (C=O) groups is 1. The van der Waals surface area contributed by atoms with Crippen LogP contribution in [-0.2, 0) is 0 Å². The van der Waals surface area contributed by atoms with Gasteiger partial charge >= 0.3 is 0 Å². The summed E-state index contributed by atoms with van der Waals surface area (Å²) < 4.78 is 13.5. The van der Waals surface area contributed by atoms with Crippen molar-refractivity contribution >= 4 is 44.9 Å². The standard InChI is InChI=1S/C14H8BrCl2FO/c15-12-6-3-9(16)7-11(12)14(19)13(17)8-1-4-10(18)5-2-8/h1-7,13H. The largest absolute Gasteiger partial charge is 0.292 e. The van der Waals surface area contributed by atoms with Crippen molar-refractivity contribution in [1.82, 2.24) is 0 Å². The highest BCUT2D eigenvalue weighted by molar-refractivity contribution is 9.10. The van der Waals surface area contributed by atoms with Gasteiger partial charge in [-0.05, 0) is 35.9 Å². The quantitative estimate of drug-likeness (QED) is 0.528. The molecule has 98 valence electrons. The Kier molecular flexibility index (Phi) is 4.61. The zero-order valence-corrected chi connectivity index (χ0v) is 12.6. The fraction of sp³-hybridized carbons (Fsp3) is 0.0714. The first-order chi connectivity index (χ1) is 8.99. The lowest BCUT2D eigenvalue weighted by atomic mass is 10.0. The van der Waals surface area contributed by atoms with E-state index in [0.29, 0.717) is 20.6 Å². The number of benzene rings is 2. The number of Topliss-reactive ketones (excluding diaryl/α,β-unsaturated/α-hetero) is 1. The molecule has 0 heterocycles. The van der Waals surface area contributed by atoms with E-state index in [1.807, 2.05) is 0 Å². The average molecular weight is 362 g/mol. The van der Waals surface area contributed by atoms with Crippen molar-refractivity contribution in [2.75, 3.05) is 0 Å². The fourth-order valence-electron chi connectivity index (χ4n) is 1.61. The van der Waals surface area contributed by atoms with Crippen LogP contribution in [0.15, 0.2) is 46.9 Å². The Labute approximate surface area is 128 Å². The molecule has 1 atom stereocenters. The lowest BCUT2D eigenvalue weighted by Gasteiger charge is -2.10. The van der Waals surface area contributed by atoms with E-state index in [1.165, 1.54) is 24.3 Å². The molecule has 0 radical (unpaired) electrons. The molecule has 0 aliphatic heterocycles. The zero-order chi connectivity index (χ0) is 14.0. The molecule has 5 heteroatoms. The molecule has 0 amide bonds. The summed E-state index contributed by atoms with van der Waals surface area (Å²) in [6.45, 7) is 0. The van der Waals surface area contributed by atoms with Crippen LogP contribution in [0.1, 0.15) is 21.3 Å². The fourth-order valence-corrected chi connectivity index (χ4v) is 2.48. The maximum absolute atomic E-state index is 12.8. The first-order valence-electron chi connectivity index (χ1n) is 5.38. The molecule has 0 N–H and O–H groups in total. The number of rotatable bonds is 3. The van der Waals surface area contributed by atoms with Gasteiger partial charge in [-0.2, -0.15) is 0 Å². The SMILES string of the molecule is O=C(c1cc(Cl)ccc1Br)C(Cl)c1ccc(F)cc1. The van der Waals surface area contributed by atoms with Gasteiger partial charge in [-0.1, -0.05) is 39.7 Å². The van der Waals surface area contributed by atoms with E-state index >= 15 is 0 Å². The number of hydrogen-bond donors (Lipinski definition) is 0. The van der Waals surface area contributed by atoms with E-state index < -0.39 is 5.38 Å². The van der Waals surface area contributed by atoms with Crippen LogP contribution in [0.4, 0.5) is 4.39 Å². The Bertz CT molecular complexity index is 613. The minimum atomic E-state index is -0.879. The van der Waals surface area contributed by atoms with Crippen molar-refractivity contribution in [2.45, 2.75) is 5.38 Å². The molecule has 0 aromatic heterocycles. The van der Waals surface area contributed by atoms with Crippen LogP contribution in [0.25, 0.3) is 0 Å². The Morgan fingerprint density at radius 3 is 2.42 bits per heavy atom. The smallest absolute Gasteiger partial charge is 0.186 e. The molecule has 0 saturated heterocycles. The minimum Gasteiger partial charge on any atom is -0.292 e. The third-order valence-electron chi connectivity index (χ3n) is 2.59. The summed E-state index contributed by atoms with van der Waals surface area (Å²) in [7, 11) is 0. The first-order valence-corrected chi connectivity index (χ1v) is 6.98. The van der Waals surface area contributed by atoms with Crippen molar-refractivity contribution in [3.05, 3.63) is 68.9 Å². The summed E-state index contributed by atoms with van der Waals surface area (Å²) in [5.74, 6) is -0.661. The van der Waals surface area contributed by atoms with Gasteiger partial charge in [-0.25, -0.2) is 4.39 Å². The highest BCUT2D eigenvalue weighted by atomic mass is 79.9. The van der Waals surface area contributed by atoms with Gasteiger partial charge in [-0.3, -0.25) is 4.79 Å². The van der Waals surface area contributed by atoms with Crippen LogP contribution in [0, 0.1) is 5.82 Å². The maximum atomic E-state index is 12.8. The van der Waals surface area contributed by atoms with E-state index in [-0.39, 0.29) is 11.6 Å². The summed E-state index contributed by atoms with van der Waals surface area (Å²) in [4.78, 5) is 12.3. The van der Waals surface area contributed by atoms with E-state index in [2.05, 4.69) is 15.9 Å². The van der Waals surface area contributed by atoms with E-state index in [0.717, 1.165) is 0 Å². The van der Waals surface area contributed by atoms with Gasteiger partial charge in [0.05, 0.1) is 0 Å². The summed E-state index contributed by atoms with van der Waals surface area (Å²) in [6, 6.07) is 10.4. The van der Waals surface area contributed by atoms with Crippen LogP contribution in [-0.4, -0.2) is 5.78 Å². The Hall–Kier alpha value is -0.900. The van der Waals surface area contributed by atoms with Crippen LogP contribution < -0.4 is 0 Å². The molecule has 0 spiro atoms. The van der Waals surface area contributed by atoms with Crippen LogP contribution in [0.3, 0.4) is 0 Å². The van der Waals surface area contributed by atoms with Gasteiger partial charge in [0.25, 0.3) is 0 Å². The summed E-state index contributed by atoms with van der Waals surface area (Å²) >= 11 is 15.3. The third kappa shape index (κ3) is 3.35. The molecule has 0 fully saturated rings. The number of halogens is 4. The van der Waals surface area contributed by atoms with Crippen LogP contribution >= 0.6 is 39.1 Å². The molecule has 2 aromatic carbocycles. The molecule has 0 saturated carbocycles. The van der Waals surface area contributed by atoms with Crippen LogP contribution in [0.2, 0.25) is 5.02 Å². The zero-order valence-electron chi connectivity index (χ0n) is 9.54. The van der Waals surface area contributed by atoms with Gasteiger partial charge in [0, 0.05) is 15.1 Å². The minimum absolute atomic E-state index is 0.289. The molecule has 0 bridgehead atoms. The highest BCUT2D eigenvalue weighted by Gasteiger charge is 2.21. The second-order valence-electron chi connectivity index (χ2n) is 3.90. The summed E-state index contributed by atoms with van der Waals surface area (Å²) in [6.07, 6.45) is 0. The van der Waals surface area contributed by atoms with E-state index in [4.69, 9.17) is 23.2 Å². The van der Waals surface area contributed by atoms with Crippen molar-refractivity contribution in [2.24, 2.45) is 0 Å². The molecule has 2 rings (SSSR count). The Morgan fingerprint density at radius 2 is 1.79 bits per heavy atom. The number of hydrogen-bond acceptors (Lipinski definition) is 1. The molecule has 0 aliphatic rings. The Morgan fingerprint density at radius 1 is 1.16 bits per heavy atom. The molecule has 1 nitrogen and oxygen atoms in total. The molecule has 19 heavy (non-hydrogen) atoms. The van der Waals surface area contributed by atoms with Crippen molar-refractivity contribution in [3.63, 3.8) is 0 Å². The lowest BCUT2D eigenvalue weighted by molar-refractivity contribution is 0.0986. The van der Waals surface area contributed by atoms with E-state index in [9.17, 15) is 9.18 Å². The predicted molar refractivity (Wildman–Crippen MR) is 78.5 cm³/mol. The monoisotopic (exact) mass is 360 g/mol. The second kappa shape index (κ2) is 6.04. The first kappa shape index (κ1) is 14.5. The molecular formula is C14H8BrCl2FO. The van der Waals surface area contributed by atoms with Crippen molar-refractivity contribution in [3.8, 4) is 0 Å². The molecule has 0 aliphatic carbocycles. The number of carbonyl (C=O) groups excluding carboxylic acids is 1. The van der Waals surface area contributed by atoms with Gasteiger partial charge < -0.3 is 0 Å². The molecular weight excluding hydrogens is 354 g/mol. The number of ketones is 1. The van der Waals surface area contributed by atoms with Crippen molar-refractivity contribution < 1.29 is 9.18 Å². The van der Waals surface area contributed by atoms with E-state index in [1.54, 1.807) is 18.2 Å². The highest BCUT2D eigenvalue weighted by Crippen LogP contribution is 2.30. The van der Waals surface area contributed by atoms with Crippen LogP contribution in [0.5, 0.6) is 0 Å². The molecule has 1 unspecified atom stereocenters. The third-order valence-corrected chi connectivity index (χ3v) is 3.96. The predicted octanol–water partition coefficient (Wildman–Crippen LogP) is 5.40. The Balaban J connectivity index is 2.33. The summed E-state index contributed by atoms with van der Waals surface area (Å²) in [5.41, 5.74) is 0.941. The van der Waals surface area contributed by atoms with Crippen molar-refractivity contribution in [1.29, 1.82) is 0 Å². The van der Waals surface area contributed by atoms with Gasteiger partial charge in [0.2, 0.25) is 0 Å². The van der Waals surface area contributed by atoms with Gasteiger partial charge in [0.15, 0.2) is 5.78 Å². The van der Waals surface area contributed by atoms with Gasteiger partial charge in [0.1, 0.15) is 11.2 Å². The summed E-state index contributed by atoms with van der Waals surface area (Å²) in [5, 5.41) is -0.426. The lowest BCUT2D eigenvalue weighted by Crippen LogP contribution is -2.08. The molecule has 2 aromatic rings. The maximum Gasteiger partial charge on any atom is 0.186 e. The second-order valence-corrected chi connectivity index (χ2v) is 5.63. The number of alkyl halides is 1. The van der Waals surface area contributed by atoms with Gasteiger partial charge in [-0.15, -0.1) is 11.6 Å². The average Bonchev–Trinajstić information content (AvgIpc) is 2.41.